The van der Waals surface area contributed by atoms with Gasteiger partial charge in [-0.2, -0.15) is 0 Å². The molecule has 0 spiro atoms. The van der Waals surface area contributed by atoms with E-state index in [0.717, 1.165) is 0 Å². The Bertz CT molecular complexity index is 862. The van der Waals surface area contributed by atoms with Gasteiger partial charge in [0.1, 0.15) is 0 Å². The molecule has 0 unspecified atom stereocenters. The molecule has 0 bridgehead atoms. The van der Waals surface area contributed by atoms with E-state index < -0.39 is 18.0 Å². The van der Waals surface area contributed by atoms with E-state index in [1.807, 2.05) is 0 Å². The van der Waals surface area contributed by atoms with Crippen LogP contribution in [0.4, 0.5) is 4.39 Å². The highest BCUT2D eigenvalue weighted by Gasteiger charge is 2.33. The Morgan fingerprint density at radius 1 is 1.24 bits per heavy atom. The van der Waals surface area contributed by atoms with Crippen molar-refractivity contribution in [3.05, 3.63) is 59.7 Å². The Morgan fingerprint density at radius 2 is 2.00 bits per heavy atom. The summed E-state index contributed by atoms with van der Waals surface area (Å²) in [5.74, 6) is -1.17. The molecule has 1 aromatic heterocycles. The number of aliphatic hydroxyl groups is 1. The summed E-state index contributed by atoms with van der Waals surface area (Å²) in [7, 11) is 1.39. The zero-order valence-electron chi connectivity index (χ0n) is 16.1. The summed E-state index contributed by atoms with van der Waals surface area (Å²) in [5.41, 5.74) is 1.09. The number of hydrogen-bond acceptors (Lipinski definition) is 5. The fourth-order valence-corrected chi connectivity index (χ4v) is 3.46. The van der Waals surface area contributed by atoms with Gasteiger partial charge in [-0.15, -0.1) is 0 Å². The summed E-state index contributed by atoms with van der Waals surface area (Å²) in [4.78, 5) is 28.5. The lowest BCUT2D eigenvalue weighted by atomic mass is 9.83. The van der Waals surface area contributed by atoms with Crippen LogP contribution < -0.4 is 15.4 Å². The van der Waals surface area contributed by atoms with E-state index in [2.05, 4.69) is 15.6 Å². The standard InChI is InChI=1S/C21H24FN3O4/c1-29-19-5-2-13(10-16(19)22)12-24-20(27)15-3-4-17(18(26)11-15)25-21(28)14-6-8-23-9-7-14/h2,5-10,15,17-18,26H,3-4,11-12H2,1H3,(H,24,27)(H,25,28)/t15-,17-,18-/m0/s1. The van der Waals surface area contributed by atoms with Crippen molar-refractivity contribution in [1.29, 1.82) is 0 Å². The molecule has 1 fully saturated rings. The molecule has 29 heavy (non-hydrogen) atoms. The van der Waals surface area contributed by atoms with Gasteiger partial charge in [0.15, 0.2) is 11.6 Å². The minimum atomic E-state index is -0.816. The fraction of sp³-hybridized carbons (Fsp3) is 0.381. The van der Waals surface area contributed by atoms with Crippen LogP contribution in [-0.4, -0.2) is 41.2 Å². The second-order valence-electron chi connectivity index (χ2n) is 7.08. The van der Waals surface area contributed by atoms with Crippen LogP contribution in [0.5, 0.6) is 5.75 Å². The number of halogens is 1. The summed E-state index contributed by atoms with van der Waals surface area (Å²) >= 11 is 0. The van der Waals surface area contributed by atoms with Gasteiger partial charge in [0, 0.05) is 30.4 Å². The summed E-state index contributed by atoms with van der Waals surface area (Å²) in [6.45, 7) is 0.189. The monoisotopic (exact) mass is 401 g/mol. The zero-order valence-corrected chi connectivity index (χ0v) is 16.1. The van der Waals surface area contributed by atoms with E-state index in [1.54, 1.807) is 18.2 Å². The first-order valence-electron chi connectivity index (χ1n) is 9.47. The van der Waals surface area contributed by atoms with E-state index in [1.165, 1.54) is 31.6 Å². The molecule has 154 valence electrons. The number of rotatable bonds is 6. The molecule has 3 rings (SSSR count). The number of carbonyl (C=O) groups is 2. The van der Waals surface area contributed by atoms with Crippen LogP contribution in [-0.2, 0) is 11.3 Å². The molecule has 7 nitrogen and oxygen atoms in total. The number of nitrogens with one attached hydrogen (secondary N) is 2. The first-order valence-corrected chi connectivity index (χ1v) is 9.47. The summed E-state index contributed by atoms with van der Waals surface area (Å²) in [6.07, 6.45) is 3.53. The smallest absolute Gasteiger partial charge is 0.251 e. The molecule has 1 saturated carbocycles. The Labute approximate surface area is 168 Å². The first kappa shape index (κ1) is 20.7. The van der Waals surface area contributed by atoms with Gasteiger partial charge in [-0.1, -0.05) is 6.07 Å². The number of methoxy groups -OCH3 is 1. The second-order valence-corrected chi connectivity index (χ2v) is 7.08. The average Bonchev–Trinajstić information content (AvgIpc) is 2.74. The van der Waals surface area contributed by atoms with Crippen LogP contribution >= 0.6 is 0 Å². The first-order chi connectivity index (χ1) is 14.0. The maximum Gasteiger partial charge on any atom is 0.251 e. The normalized spacial score (nSPS) is 21.3. The zero-order chi connectivity index (χ0) is 20.8. The SMILES string of the molecule is COc1ccc(CNC(=O)[C@H]2CC[C@H](NC(=O)c3ccncc3)[C@@H](O)C2)cc1F. The number of aliphatic hydroxyl groups excluding tert-OH is 1. The molecule has 1 aromatic carbocycles. The fourth-order valence-electron chi connectivity index (χ4n) is 3.46. The van der Waals surface area contributed by atoms with Gasteiger partial charge in [0.2, 0.25) is 5.91 Å². The van der Waals surface area contributed by atoms with Crippen molar-refractivity contribution in [2.24, 2.45) is 5.92 Å². The van der Waals surface area contributed by atoms with Crippen LogP contribution in [0.1, 0.15) is 35.2 Å². The van der Waals surface area contributed by atoms with E-state index in [0.29, 0.717) is 24.0 Å². The summed E-state index contributed by atoms with van der Waals surface area (Å²) < 4.78 is 18.6. The van der Waals surface area contributed by atoms with Gasteiger partial charge in [0.25, 0.3) is 5.91 Å². The number of amides is 2. The Balaban J connectivity index is 1.49. The number of benzene rings is 1. The van der Waals surface area contributed by atoms with Gasteiger partial charge in [-0.25, -0.2) is 4.39 Å². The van der Waals surface area contributed by atoms with Crippen molar-refractivity contribution in [1.82, 2.24) is 15.6 Å². The molecular formula is C21H24FN3O4. The number of nitrogens with zero attached hydrogens (tertiary/aromatic N) is 1. The van der Waals surface area contributed by atoms with Crippen LogP contribution in [0.2, 0.25) is 0 Å². The van der Waals surface area contributed by atoms with Gasteiger partial charge in [-0.3, -0.25) is 14.6 Å². The van der Waals surface area contributed by atoms with Crippen molar-refractivity contribution < 1.29 is 23.8 Å². The van der Waals surface area contributed by atoms with Crippen LogP contribution in [0.3, 0.4) is 0 Å². The second kappa shape index (κ2) is 9.47. The average molecular weight is 401 g/mol. The minimum Gasteiger partial charge on any atom is -0.494 e. The molecule has 0 aliphatic heterocycles. The molecule has 1 aliphatic rings. The maximum absolute atomic E-state index is 13.7. The third-order valence-electron chi connectivity index (χ3n) is 5.13. The predicted octanol–water partition coefficient (Wildman–Crippen LogP) is 1.81. The number of pyridine rings is 1. The van der Waals surface area contributed by atoms with E-state index >= 15 is 0 Å². The van der Waals surface area contributed by atoms with E-state index in [9.17, 15) is 19.1 Å². The van der Waals surface area contributed by atoms with Crippen molar-refractivity contribution in [2.75, 3.05) is 7.11 Å². The van der Waals surface area contributed by atoms with Gasteiger partial charge >= 0.3 is 0 Å². The third kappa shape index (κ3) is 5.29. The Kier molecular flexibility index (Phi) is 6.77. The molecule has 3 N–H and O–H groups in total. The Morgan fingerprint density at radius 3 is 2.66 bits per heavy atom. The number of ether oxygens (including phenoxy) is 1. The van der Waals surface area contributed by atoms with E-state index in [-0.39, 0.29) is 36.4 Å². The van der Waals surface area contributed by atoms with Gasteiger partial charge in [0.05, 0.1) is 19.3 Å². The number of carbonyl (C=O) groups excluding carboxylic acids is 2. The molecule has 8 heteroatoms. The lowest BCUT2D eigenvalue weighted by Crippen LogP contribution is -2.49. The lowest BCUT2D eigenvalue weighted by Gasteiger charge is -2.33. The topological polar surface area (TPSA) is 101 Å². The summed E-state index contributed by atoms with van der Waals surface area (Å²) in [6, 6.07) is 7.31. The molecule has 0 radical (unpaired) electrons. The minimum absolute atomic E-state index is 0.148. The molecule has 0 saturated heterocycles. The molecule has 1 heterocycles. The summed E-state index contributed by atoms with van der Waals surface area (Å²) in [5, 5.41) is 16.0. The van der Waals surface area contributed by atoms with Crippen LogP contribution in [0.15, 0.2) is 42.7 Å². The van der Waals surface area contributed by atoms with Crippen molar-refractivity contribution in [3.63, 3.8) is 0 Å². The molecule has 2 aromatic rings. The number of aromatic nitrogens is 1. The van der Waals surface area contributed by atoms with Crippen molar-refractivity contribution in [2.45, 2.75) is 38.0 Å². The lowest BCUT2D eigenvalue weighted by molar-refractivity contribution is -0.127. The maximum atomic E-state index is 13.7. The molecule has 1 aliphatic carbocycles. The van der Waals surface area contributed by atoms with Crippen LogP contribution in [0, 0.1) is 11.7 Å². The predicted molar refractivity (Wildman–Crippen MR) is 104 cm³/mol. The van der Waals surface area contributed by atoms with Gasteiger partial charge < -0.3 is 20.5 Å². The van der Waals surface area contributed by atoms with Gasteiger partial charge in [-0.05, 0) is 49.1 Å². The number of hydrogen-bond donors (Lipinski definition) is 3. The van der Waals surface area contributed by atoms with Crippen molar-refractivity contribution >= 4 is 11.8 Å². The largest absolute Gasteiger partial charge is 0.494 e. The third-order valence-corrected chi connectivity index (χ3v) is 5.13. The highest BCUT2D eigenvalue weighted by Crippen LogP contribution is 2.25. The highest BCUT2D eigenvalue weighted by molar-refractivity contribution is 5.94. The quantitative estimate of drug-likeness (QED) is 0.685. The molecule has 2 amide bonds. The Hall–Kier alpha value is -3.00. The van der Waals surface area contributed by atoms with E-state index in [4.69, 9.17) is 4.74 Å². The molecule has 3 atom stereocenters. The van der Waals surface area contributed by atoms with Crippen LogP contribution in [0.25, 0.3) is 0 Å². The molecular weight excluding hydrogens is 377 g/mol. The highest BCUT2D eigenvalue weighted by atomic mass is 19.1. The van der Waals surface area contributed by atoms with Crippen molar-refractivity contribution in [3.8, 4) is 5.75 Å².